The molecule has 1 saturated heterocycles. The molecule has 0 N–H and O–H groups in total. The van der Waals surface area contributed by atoms with Gasteiger partial charge in [0, 0.05) is 24.0 Å². The molecule has 2 rings (SSSR count). The highest BCUT2D eigenvalue weighted by Crippen LogP contribution is 2.18. The molecule has 0 spiro atoms. The summed E-state index contributed by atoms with van der Waals surface area (Å²) >= 11 is 3.33. The molecule has 0 radical (unpaired) electrons. The summed E-state index contributed by atoms with van der Waals surface area (Å²) in [7, 11) is 0. The molecule has 20 heavy (non-hydrogen) atoms. The number of carbonyl (C=O) groups excluding carboxylic acids is 1. The number of ether oxygens (including phenoxy) is 1. The van der Waals surface area contributed by atoms with Gasteiger partial charge in [-0.25, -0.2) is 4.39 Å². The first-order valence-corrected chi connectivity index (χ1v) is 7.96. The van der Waals surface area contributed by atoms with E-state index in [-0.39, 0.29) is 17.8 Å². The van der Waals surface area contributed by atoms with Gasteiger partial charge in [0.25, 0.3) is 5.91 Å². The Bertz CT molecular complexity index is 453. The molecule has 3 nitrogen and oxygen atoms in total. The number of alkyl halides is 1. The maximum atomic E-state index is 13.4. The Morgan fingerprint density at radius 2 is 2.10 bits per heavy atom. The third-order valence-corrected chi connectivity index (χ3v) is 3.77. The average molecular weight is 344 g/mol. The van der Waals surface area contributed by atoms with Crippen LogP contribution < -0.4 is 0 Å². The monoisotopic (exact) mass is 343 g/mol. The van der Waals surface area contributed by atoms with Gasteiger partial charge in [-0.2, -0.15) is 0 Å². The van der Waals surface area contributed by atoms with E-state index < -0.39 is 0 Å². The molecular formula is C15H19BrFNO2. The van der Waals surface area contributed by atoms with Crippen LogP contribution in [-0.4, -0.2) is 41.9 Å². The number of halogens is 2. The Hall–Kier alpha value is -0.940. The van der Waals surface area contributed by atoms with Gasteiger partial charge in [-0.1, -0.05) is 15.9 Å². The highest BCUT2D eigenvalue weighted by atomic mass is 79.9. The summed E-state index contributed by atoms with van der Waals surface area (Å²) in [6.45, 7) is 3.82. The molecule has 1 fully saturated rings. The number of nitrogens with zero attached hydrogens (tertiary/aromatic N) is 1. The number of carbonyl (C=O) groups is 1. The van der Waals surface area contributed by atoms with Crippen molar-refractivity contribution >= 4 is 21.8 Å². The summed E-state index contributed by atoms with van der Waals surface area (Å²) in [5.41, 5.74) is 1.20. The smallest absolute Gasteiger partial charge is 0.253 e. The lowest BCUT2D eigenvalue weighted by atomic mass is 10.1. The van der Waals surface area contributed by atoms with E-state index in [1.807, 2.05) is 0 Å². The van der Waals surface area contributed by atoms with E-state index in [1.54, 1.807) is 17.9 Å². The fraction of sp³-hybridized carbons (Fsp3) is 0.533. The molecule has 1 aliphatic rings. The molecule has 110 valence electrons. The van der Waals surface area contributed by atoms with Crippen LogP contribution in [-0.2, 0) is 4.74 Å². The van der Waals surface area contributed by atoms with Gasteiger partial charge < -0.3 is 9.64 Å². The van der Waals surface area contributed by atoms with Crippen molar-refractivity contribution in [3.8, 4) is 0 Å². The summed E-state index contributed by atoms with van der Waals surface area (Å²) in [4.78, 5) is 14.1. The third kappa shape index (κ3) is 4.03. The van der Waals surface area contributed by atoms with E-state index in [2.05, 4.69) is 15.9 Å². The summed E-state index contributed by atoms with van der Waals surface area (Å²) in [6.07, 6.45) is 1.91. The molecule has 1 amide bonds. The van der Waals surface area contributed by atoms with Gasteiger partial charge in [-0.05, 0) is 43.5 Å². The van der Waals surface area contributed by atoms with Gasteiger partial charge in [0.05, 0.1) is 12.7 Å². The van der Waals surface area contributed by atoms with Crippen molar-refractivity contribution in [2.24, 2.45) is 0 Å². The van der Waals surface area contributed by atoms with Crippen molar-refractivity contribution in [2.75, 3.05) is 25.0 Å². The van der Waals surface area contributed by atoms with Crippen molar-refractivity contribution in [3.05, 3.63) is 35.1 Å². The van der Waals surface area contributed by atoms with Crippen LogP contribution in [0.5, 0.6) is 0 Å². The van der Waals surface area contributed by atoms with Crippen LogP contribution in [0.4, 0.5) is 4.39 Å². The third-order valence-electron chi connectivity index (χ3n) is 3.45. The summed E-state index contributed by atoms with van der Waals surface area (Å²) in [5, 5.41) is 0.828. The van der Waals surface area contributed by atoms with Gasteiger partial charge in [-0.3, -0.25) is 4.79 Å². The fourth-order valence-electron chi connectivity index (χ4n) is 2.48. The maximum Gasteiger partial charge on any atom is 0.253 e. The summed E-state index contributed by atoms with van der Waals surface area (Å²) in [5.74, 6) is -0.449. The normalized spacial score (nSPS) is 16.4. The Morgan fingerprint density at radius 3 is 2.70 bits per heavy atom. The zero-order valence-corrected chi connectivity index (χ0v) is 13.2. The molecule has 0 aliphatic carbocycles. The molecule has 0 bridgehead atoms. The molecule has 1 aromatic rings. The SMILES string of the molecule is Cc1cc(F)cc(C(=O)N2CCC(OCCBr)CC2)c1. The van der Waals surface area contributed by atoms with Gasteiger partial charge >= 0.3 is 0 Å². The van der Waals surface area contributed by atoms with Crippen LogP contribution in [0.2, 0.25) is 0 Å². The summed E-state index contributed by atoms with van der Waals surface area (Å²) in [6, 6.07) is 4.47. The molecule has 0 aromatic heterocycles. The molecule has 0 unspecified atom stereocenters. The Morgan fingerprint density at radius 1 is 1.40 bits per heavy atom. The minimum absolute atomic E-state index is 0.0912. The second-order valence-corrected chi connectivity index (χ2v) is 5.86. The van der Waals surface area contributed by atoms with Crippen LogP contribution in [0, 0.1) is 12.7 Å². The lowest BCUT2D eigenvalue weighted by Crippen LogP contribution is -2.41. The van der Waals surface area contributed by atoms with Gasteiger partial charge in [0.2, 0.25) is 0 Å². The maximum absolute atomic E-state index is 13.4. The molecule has 5 heteroatoms. The Balaban J connectivity index is 1.94. The van der Waals surface area contributed by atoms with Gasteiger partial charge in [-0.15, -0.1) is 0 Å². The predicted octanol–water partition coefficient (Wildman–Crippen LogP) is 3.15. The zero-order valence-electron chi connectivity index (χ0n) is 11.6. The van der Waals surface area contributed by atoms with E-state index in [0.717, 1.165) is 23.7 Å². The predicted molar refractivity (Wildman–Crippen MR) is 79.8 cm³/mol. The number of rotatable bonds is 4. The quantitative estimate of drug-likeness (QED) is 0.786. The minimum atomic E-state index is -0.358. The van der Waals surface area contributed by atoms with E-state index in [4.69, 9.17) is 4.74 Å². The number of piperidine rings is 1. The van der Waals surface area contributed by atoms with Crippen LogP contribution in [0.15, 0.2) is 18.2 Å². The van der Waals surface area contributed by atoms with Crippen molar-refractivity contribution in [1.29, 1.82) is 0 Å². The standard InChI is InChI=1S/C15H19BrFNO2/c1-11-8-12(10-13(17)9-11)15(19)18-5-2-14(3-6-18)20-7-4-16/h8-10,14H,2-7H2,1H3. The first-order chi connectivity index (χ1) is 9.60. The molecule has 1 heterocycles. The van der Waals surface area contributed by atoms with Crippen molar-refractivity contribution < 1.29 is 13.9 Å². The van der Waals surface area contributed by atoms with E-state index in [1.165, 1.54) is 12.1 Å². The van der Waals surface area contributed by atoms with Crippen molar-refractivity contribution in [1.82, 2.24) is 4.90 Å². The topological polar surface area (TPSA) is 29.5 Å². The van der Waals surface area contributed by atoms with Crippen LogP contribution in [0.25, 0.3) is 0 Å². The van der Waals surface area contributed by atoms with Gasteiger partial charge in [0.15, 0.2) is 0 Å². The minimum Gasteiger partial charge on any atom is -0.377 e. The molecule has 1 aromatic carbocycles. The number of benzene rings is 1. The van der Waals surface area contributed by atoms with E-state index >= 15 is 0 Å². The van der Waals surface area contributed by atoms with Crippen LogP contribution >= 0.6 is 15.9 Å². The first-order valence-electron chi connectivity index (χ1n) is 6.84. The number of aryl methyl sites for hydroxylation is 1. The second kappa shape index (κ2) is 7.18. The first kappa shape index (κ1) is 15.4. The average Bonchev–Trinajstić information content (AvgIpc) is 2.44. The molecular weight excluding hydrogens is 325 g/mol. The fourth-order valence-corrected chi connectivity index (χ4v) is 2.67. The number of hydrogen-bond acceptors (Lipinski definition) is 2. The van der Waals surface area contributed by atoms with Crippen LogP contribution in [0.3, 0.4) is 0 Å². The molecule has 0 saturated carbocycles. The number of amides is 1. The van der Waals surface area contributed by atoms with E-state index in [0.29, 0.717) is 25.3 Å². The van der Waals surface area contributed by atoms with Gasteiger partial charge in [0.1, 0.15) is 5.82 Å². The lowest BCUT2D eigenvalue weighted by Gasteiger charge is -2.32. The van der Waals surface area contributed by atoms with Crippen molar-refractivity contribution in [2.45, 2.75) is 25.9 Å². The Kier molecular flexibility index (Phi) is 5.54. The van der Waals surface area contributed by atoms with Crippen LogP contribution in [0.1, 0.15) is 28.8 Å². The largest absolute Gasteiger partial charge is 0.377 e. The number of hydrogen-bond donors (Lipinski definition) is 0. The summed E-state index contributed by atoms with van der Waals surface area (Å²) < 4.78 is 19.0. The second-order valence-electron chi connectivity index (χ2n) is 5.07. The highest BCUT2D eigenvalue weighted by molar-refractivity contribution is 9.09. The molecule has 0 atom stereocenters. The molecule has 1 aliphatic heterocycles. The highest BCUT2D eigenvalue weighted by Gasteiger charge is 2.24. The van der Waals surface area contributed by atoms with Crippen molar-refractivity contribution in [3.63, 3.8) is 0 Å². The lowest BCUT2D eigenvalue weighted by molar-refractivity contribution is 0.0160. The Labute approximate surface area is 127 Å². The number of likely N-dealkylation sites (tertiary alicyclic amines) is 1. The van der Waals surface area contributed by atoms with E-state index in [9.17, 15) is 9.18 Å². The zero-order chi connectivity index (χ0) is 14.5.